The summed E-state index contributed by atoms with van der Waals surface area (Å²) in [5, 5.41) is 5.66. The maximum atomic E-state index is 12.5. The Bertz CT molecular complexity index is 548. The molecule has 0 aliphatic carbocycles. The van der Waals surface area contributed by atoms with Gasteiger partial charge in [0.2, 0.25) is 5.91 Å². The van der Waals surface area contributed by atoms with Crippen molar-refractivity contribution in [1.29, 1.82) is 0 Å². The van der Waals surface area contributed by atoms with Crippen molar-refractivity contribution in [2.75, 3.05) is 20.2 Å². The molecular weight excluding hydrogens is 306 g/mol. The van der Waals surface area contributed by atoms with E-state index in [2.05, 4.69) is 32.4 Å². The molecule has 1 aliphatic heterocycles. The van der Waals surface area contributed by atoms with Crippen LogP contribution in [0.1, 0.15) is 25.8 Å². The number of carbonyl (C=O) groups is 2. The van der Waals surface area contributed by atoms with Gasteiger partial charge in [-0.05, 0) is 17.9 Å². The second-order valence-corrected chi connectivity index (χ2v) is 6.57. The Kier molecular flexibility index (Phi) is 6.61. The predicted octanol–water partition coefficient (Wildman–Crippen LogP) is 1.76. The van der Waals surface area contributed by atoms with Gasteiger partial charge in [0, 0.05) is 25.7 Å². The van der Waals surface area contributed by atoms with E-state index in [0.29, 0.717) is 0 Å². The summed E-state index contributed by atoms with van der Waals surface area (Å²) in [5.74, 6) is -0.159. The molecule has 0 radical (unpaired) electrons. The highest BCUT2D eigenvalue weighted by Gasteiger charge is 2.29. The van der Waals surface area contributed by atoms with Gasteiger partial charge in [-0.25, -0.2) is 4.79 Å². The molecule has 2 rings (SSSR count). The van der Waals surface area contributed by atoms with E-state index in [9.17, 15) is 9.59 Å². The SMILES string of the molecule is COC(=O)N[C@H](C(=O)NC1CCN(Cc2ccccc2)C1)C(C)C. The van der Waals surface area contributed by atoms with Crippen LogP contribution in [0, 0.1) is 5.92 Å². The number of likely N-dealkylation sites (tertiary alicyclic amines) is 1. The summed E-state index contributed by atoms with van der Waals surface area (Å²) in [6.07, 6.45) is 0.336. The first-order chi connectivity index (χ1) is 11.5. The van der Waals surface area contributed by atoms with Crippen molar-refractivity contribution in [2.45, 2.75) is 38.9 Å². The average molecular weight is 333 g/mol. The van der Waals surface area contributed by atoms with E-state index < -0.39 is 12.1 Å². The zero-order valence-electron chi connectivity index (χ0n) is 14.6. The molecule has 1 aromatic rings. The summed E-state index contributed by atoms with van der Waals surface area (Å²) < 4.78 is 4.60. The summed E-state index contributed by atoms with van der Waals surface area (Å²) in [7, 11) is 1.29. The lowest BCUT2D eigenvalue weighted by molar-refractivity contribution is -0.124. The van der Waals surface area contributed by atoms with Crippen molar-refractivity contribution < 1.29 is 14.3 Å². The van der Waals surface area contributed by atoms with Crippen LogP contribution in [-0.2, 0) is 16.1 Å². The number of amides is 2. The monoisotopic (exact) mass is 333 g/mol. The largest absolute Gasteiger partial charge is 0.453 e. The minimum Gasteiger partial charge on any atom is -0.453 e. The predicted molar refractivity (Wildman–Crippen MR) is 92.4 cm³/mol. The molecule has 1 saturated heterocycles. The summed E-state index contributed by atoms with van der Waals surface area (Å²) in [6.45, 7) is 6.47. The molecule has 2 atom stereocenters. The topological polar surface area (TPSA) is 70.7 Å². The van der Waals surface area contributed by atoms with Crippen LogP contribution < -0.4 is 10.6 Å². The number of nitrogens with one attached hydrogen (secondary N) is 2. The van der Waals surface area contributed by atoms with Crippen LogP contribution in [0.5, 0.6) is 0 Å². The quantitative estimate of drug-likeness (QED) is 0.832. The molecule has 1 heterocycles. The van der Waals surface area contributed by atoms with Crippen LogP contribution in [0.2, 0.25) is 0 Å². The highest BCUT2D eigenvalue weighted by Crippen LogP contribution is 2.14. The zero-order valence-corrected chi connectivity index (χ0v) is 14.6. The first-order valence-corrected chi connectivity index (χ1v) is 8.40. The molecule has 1 aliphatic rings. The molecule has 6 heteroatoms. The first kappa shape index (κ1) is 18.3. The molecule has 0 saturated carbocycles. The van der Waals surface area contributed by atoms with Gasteiger partial charge in [0.25, 0.3) is 0 Å². The van der Waals surface area contributed by atoms with E-state index in [4.69, 9.17) is 0 Å². The van der Waals surface area contributed by atoms with E-state index >= 15 is 0 Å². The number of nitrogens with zero attached hydrogens (tertiary/aromatic N) is 1. The Balaban J connectivity index is 1.84. The standard InChI is InChI=1S/C18H27N3O3/c1-13(2)16(20-18(23)24-3)17(22)19-15-9-10-21(12-15)11-14-7-5-4-6-8-14/h4-8,13,15-16H,9-12H2,1-3H3,(H,19,22)(H,20,23)/t15?,16-/m0/s1. The van der Waals surface area contributed by atoms with Gasteiger partial charge in [0.05, 0.1) is 7.11 Å². The lowest BCUT2D eigenvalue weighted by atomic mass is 10.0. The van der Waals surface area contributed by atoms with Crippen molar-refractivity contribution in [2.24, 2.45) is 5.92 Å². The summed E-state index contributed by atoms with van der Waals surface area (Å²) in [5.41, 5.74) is 1.27. The van der Waals surface area contributed by atoms with E-state index in [1.165, 1.54) is 12.7 Å². The van der Waals surface area contributed by atoms with Crippen molar-refractivity contribution >= 4 is 12.0 Å². The van der Waals surface area contributed by atoms with Crippen LogP contribution >= 0.6 is 0 Å². The Labute approximate surface area is 143 Å². The lowest BCUT2D eigenvalue weighted by Gasteiger charge is -2.23. The van der Waals surface area contributed by atoms with Crippen molar-refractivity contribution in [3.63, 3.8) is 0 Å². The minimum absolute atomic E-state index is 0.00840. The number of ether oxygens (including phenoxy) is 1. The maximum absolute atomic E-state index is 12.5. The van der Waals surface area contributed by atoms with E-state index in [1.807, 2.05) is 32.0 Å². The average Bonchev–Trinajstić information content (AvgIpc) is 2.99. The van der Waals surface area contributed by atoms with Gasteiger partial charge in [-0.1, -0.05) is 44.2 Å². The highest BCUT2D eigenvalue weighted by molar-refractivity contribution is 5.86. The second kappa shape index (κ2) is 8.68. The highest BCUT2D eigenvalue weighted by atomic mass is 16.5. The Morgan fingerprint density at radius 2 is 2.00 bits per heavy atom. The normalized spacial score (nSPS) is 19.1. The van der Waals surface area contributed by atoms with Crippen LogP contribution in [0.4, 0.5) is 4.79 Å². The number of hydrogen-bond acceptors (Lipinski definition) is 4. The first-order valence-electron chi connectivity index (χ1n) is 8.40. The van der Waals surface area contributed by atoms with Crippen molar-refractivity contribution in [1.82, 2.24) is 15.5 Å². The van der Waals surface area contributed by atoms with E-state index in [0.717, 1.165) is 26.1 Å². The summed E-state index contributed by atoms with van der Waals surface area (Å²) in [6, 6.07) is 9.84. The fourth-order valence-corrected chi connectivity index (χ4v) is 2.95. The number of methoxy groups -OCH3 is 1. The molecule has 24 heavy (non-hydrogen) atoms. The van der Waals surface area contributed by atoms with Gasteiger partial charge in [-0.2, -0.15) is 0 Å². The summed E-state index contributed by atoms with van der Waals surface area (Å²) in [4.78, 5) is 26.2. The van der Waals surface area contributed by atoms with Gasteiger partial charge in [-0.3, -0.25) is 9.69 Å². The third-order valence-corrected chi connectivity index (χ3v) is 4.28. The Morgan fingerprint density at radius 3 is 2.62 bits per heavy atom. The number of benzene rings is 1. The molecule has 1 unspecified atom stereocenters. The molecule has 2 amide bonds. The molecule has 6 nitrogen and oxygen atoms in total. The molecule has 1 fully saturated rings. The van der Waals surface area contributed by atoms with Crippen molar-refractivity contribution in [3.8, 4) is 0 Å². The van der Waals surface area contributed by atoms with Crippen LogP contribution in [0.25, 0.3) is 0 Å². The van der Waals surface area contributed by atoms with E-state index in [-0.39, 0.29) is 17.9 Å². The smallest absolute Gasteiger partial charge is 0.407 e. The van der Waals surface area contributed by atoms with Gasteiger partial charge >= 0.3 is 6.09 Å². The molecular formula is C18H27N3O3. The molecule has 0 aromatic heterocycles. The molecule has 2 N–H and O–H groups in total. The minimum atomic E-state index is -0.583. The fourth-order valence-electron chi connectivity index (χ4n) is 2.95. The fraction of sp³-hybridized carbons (Fsp3) is 0.556. The number of hydrogen-bond donors (Lipinski definition) is 2. The van der Waals surface area contributed by atoms with Crippen LogP contribution in [-0.4, -0.2) is 49.2 Å². The third kappa shape index (κ3) is 5.23. The van der Waals surface area contributed by atoms with Gasteiger partial charge in [0.1, 0.15) is 6.04 Å². The van der Waals surface area contributed by atoms with Crippen LogP contribution in [0.15, 0.2) is 30.3 Å². The van der Waals surface area contributed by atoms with E-state index in [1.54, 1.807) is 0 Å². The maximum Gasteiger partial charge on any atom is 0.407 e. The molecule has 1 aromatic carbocycles. The van der Waals surface area contributed by atoms with Gasteiger partial charge in [0.15, 0.2) is 0 Å². The number of rotatable bonds is 6. The van der Waals surface area contributed by atoms with Crippen molar-refractivity contribution in [3.05, 3.63) is 35.9 Å². The number of alkyl carbamates (subject to hydrolysis) is 1. The van der Waals surface area contributed by atoms with Crippen LogP contribution in [0.3, 0.4) is 0 Å². The Hall–Kier alpha value is -2.08. The number of carbonyl (C=O) groups excluding carboxylic acids is 2. The Morgan fingerprint density at radius 1 is 1.29 bits per heavy atom. The van der Waals surface area contributed by atoms with Gasteiger partial charge in [-0.15, -0.1) is 0 Å². The second-order valence-electron chi connectivity index (χ2n) is 6.57. The molecule has 132 valence electrons. The molecule has 0 spiro atoms. The zero-order chi connectivity index (χ0) is 17.5. The van der Waals surface area contributed by atoms with Gasteiger partial charge < -0.3 is 15.4 Å². The summed E-state index contributed by atoms with van der Waals surface area (Å²) >= 11 is 0. The molecule has 0 bridgehead atoms. The third-order valence-electron chi connectivity index (χ3n) is 4.28. The lowest BCUT2D eigenvalue weighted by Crippen LogP contribution is -2.52.